The van der Waals surface area contributed by atoms with Crippen molar-refractivity contribution in [3.8, 4) is 0 Å². The minimum absolute atomic E-state index is 0. The molecule has 0 bridgehead atoms. The molecule has 1 nitrogen and oxygen atoms in total. The van der Waals surface area contributed by atoms with Gasteiger partial charge in [0.05, 0.1) is 0 Å². The molecule has 0 fully saturated rings. The Balaban J connectivity index is -0.00000000500. The van der Waals surface area contributed by atoms with Gasteiger partial charge in [0.2, 0.25) is 0 Å². The van der Waals surface area contributed by atoms with Crippen LogP contribution in [0.4, 0.5) is 0 Å². The Morgan fingerprint density at radius 2 is 1.25 bits per heavy atom. The van der Waals surface area contributed by atoms with E-state index in [9.17, 15) is 0 Å². The van der Waals surface area contributed by atoms with E-state index in [2.05, 4.69) is 0 Å². The van der Waals surface area contributed by atoms with Crippen molar-refractivity contribution < 1.29 is 43.2 Å². The van der Waals surface area contributed by atoms with Crippen LogP contribution in [0.2, 0.25) is 0 Å². The molecule has 0 saturated heterocycles. The maximum Gasteiger partial charge on any atom is 0.0319 e. The minimum atomic E-state index is 0. The van der Waals surface area contributed by atoms with Crippen LogP contribution in [0.3, 0.4) is 0 Å². The first-order chi connectivity index (χ1) is 1.00. The van der Waals surface area contributed by atoms with Gasteiger partial charge in [-0.3, -0.25) is 0 Å². The Labute approximate surface area is 50.5 Å². The van der Waals surface area contributed by atoms with E-state index in [0.717, 1.165) is 7.11 Å². The van der Waals surface area contributed by atoms with E-state index in [1.165, 1.54) is 0 Å². The van der Waals surface area contributed by atoms with E-state index in [-0.39, 0.29) is 38.1 Å². The van der Waals surface area contributed by atoms with Crippen molar-refractivity contribution in [2.45, 2.75) is 0 Å². The molecule has 0 spiro atoms. The number of hydrogen-bond donors (Lipinski definition) is 1. The molecule has 0 aromatic rings. The molecule has 0 unspecified atom stereocenters. The van der Waals surface area contributed by atoms with Gasteiger partial charge in [0.25, 0.3) is 0 Å². The summed E-state index contributed by atoms with van der Waals surface area (Å²) in [5, 5.41) is 7.00. The van der Waals surface area contributed by atoms with Crippen molar-refractivity contribution in [2.24, 2.45) is 0 Å². The zero-order valence-corrected chi connectivity index (χ0v) is 5.28. The van der Waals surface area contributed by atoms with Crippen molar-refractivity contribution in [2.75, 3.05) is 7.11 Å². The van der Waals surface area contributed by atoms with Crippen LogP contribution in [0.15, 0.2) is 0 Å². The van der Waals surface area contributed by atoms with Crippen LogP contribution >= 0.6 is 0 Å². The van der Waals surface area contributed by atoms with Crippen LogP contribution in [0.25, 0.3) is 0 Å². The molecule has 1 radical (unpaired) electrons. The summed E-state index contributed by atoms with van der Waals surface area (Å²) in [5.41, 5.74) is 0. The van der Waals surface area contributed by atoms with Gasteiger partial charge in [-0.05, 0) is 0 Å². The predicted molar refractivity (Wildman–Crippen MR) is 8.14 cm³/mol. The van der Waals surface area contributed by atoms with E-state index < -0.39 is 0 Å². The van der Waals surface area contributed by atoms with Crippen molar-refractivity contribution in [3.05, 3.63) is 0 Å². The van der Waals surface area contributed by atoms with E-state index in [0.29, 0.717) is 0 Å². The first-order valence-corrected chi connectivity index (χ1v) is 0.447. The van der Waals surface area contributed by atoms with Crippen LogP contribution < -0.4 is 0 Å². The molecule has 4 heavy (non-hydrogen) atoms. The van der Waals surface area contributed by atoms with Gasteiger partial charge in [-0.25, -0.2) is 0 Å². The second-order valence-corrected chi connectivity index (χ2v) is 0. The summed E-state index contributed by atoms with van der Waals surface area (Å²) in [4.78, 5) is 0. The second-order valence-electron chi connectivity index (χ2n) is 0. The summed E-state index contributed by atoms with van der Waals surface area (Å²) in [6, 6.07) is 0. The van der Waals surface area contributed by atoms with Crippen LogP contribution in [-0.4, -0.2) is 12.2 Å². The molecule has 0 aliphatic carbocycles. The summed E-state index contributed by atoms with van der Waals surface area (Å²) in [5.74, 6) is 0. The molecule has 0 saturated carbocycles. The van der Waals surface area contributed by atoms with E-state index in [4.69, 9.17) is 5.11 Å². The third-order valence-electron chi connectivity index (χ3n) is 0. The number of rotatable bonds is 0. The van der Waals surface area contributed by atoms with Crippen LogP contribution in [0.5, 0.6) is 0 Å². The van der Waals surface area contributed by atoms with E-state index >= 15 is 0 Å². The van der Waals surface area contributed by atoms with Gasteiger partial charge in [0.15, 0.2) is 0 Å². The summed E-state index contributed by atoms with van der Waals surface area (Å²) in [6.45, 7) is 0. The zero-order valence-electron chi connectivity index (χ0n) is 2.06. The molecule has 35 valence electrons. The maximum absolute atomic E-state index is 7.00. The first kappa shape index (κ1) is 19.1. The molecular weight excluding hydrogens is 287 g/mol. The maximum atomic E-state index is 7.00. The summed E-state index contributed by atoms with van der Waals surface area (Å²) in [7, 11) is 1.00. The molecule has 0 aromatic carbocycles. The van der Waals surface area contributed by atoms with Gasteiger partial charge in [-0.2, -0.15) is 0 Å². The molecule has 0 atom stereocenters. The van der Waals surface area contributed by atoms with E-state index in [1.54, 1.807) is 0 Å². The SMILES string of the molecule is CO.[Cu].[Pt]. The molecule has 0 aliphatic heterocycles. The number of aliphatic hydroxyl groups is 1. The van der Waals surface area contributed by atoms with Gasteiger partial charge in [0, 0.05) is 45.2 Å². The molecular formula is CH4CuOPt. The third-order valence-corrected chi connectivity index (χ3v) is 0. The third kappa shape index (κ3) is 10.9. The largest absolute Gasteiger partial charge is 0.400 e. The Hall–Kier alpha value is 1.17. The normalized spacial score (nSPS) is 1.50. The fourth-order valence-corrected chi connectivity index (χ4v) is 0. The summed E-state index contributed by atoms with van der Waals surface area (Å²) in [6.07, 6.45) is 0. The molecule has 3 heteroatoms. The average Bonchev–Trinajstić information content (AvgIpc) is 1.00. The fraction of sp³-hybridized carbons (Fsp3) is 1.00. The second kappa shape index (κ2) is 30.7. The van der Waals surface area contributed by atoms with Crippen molar-refractivity contribution in [1.82, 2.24) is 0 Å². The van der Waals surface area contributed by atoms with Gasteiger partial charge in [-0.1, -0.05) is 0 Å². The van der Waals surface area contributed by atoms with Crippen molar-refractivity contribution >= 4 is 0 Å². The van der Waals surface area contributed by atoms with E-state index in [1.807, 2.05) is 0 Å². The molecule has 0 aliphatic rings. The van der Waals surface area contributed by atoms with Crippen molar-refractivity contribution in [1.29, 1.82) is 0 Å². The van der Waals surface area contributed by atoms with Gasteiger partial charge in [-0.15, -0.1) is 0 Å². The van der Waals surface area contributed by atoms with Crippen LogP contribution in [0, 0.1) is 0 Å². The van der Waals surface area contributed by atoms with Gasteiger partial charge in [0.1, 0.15) is 0 Å². The zero-order chi connectivity index (χ0) is 2.00. The Bertz CT molecular complexity index is 8.00. The first-order valence-electron chi connectivity index (χ1n) is 0.447. The number of hydrogen-bond acceptors (Lipinski definition) is 1. The topological polar surface area (TPSA) is 20.2 Å². The molecule has 0 amide bonds. The Morgan fingerprint density at radius 1 is 1.25 bits per heavy atom. The van der Waals surface area contributed by atoms with Crippen LogP contribution in [0.1, 0.15) is 0 Å². The van der Waals surface area contributed by atoms with Gasteiger partial charge >= 0.3 is 0 Å². The van der Waals surface area contributed by atoms with Crippen molar-refractivity contribution in [3.63, 3.8) is 0 Å². The monoisotopic (exact) mass is 290 g/mol. The predicted octanol–water partition coefficient (Wildman–Crippen LogP) is -0.397. The Kier molecular flexibility index (Phi) is 146. The molecule has 0 aromatic heterocycles. The molecule has 0 heterocycles. The Morgan fingerprint density at radius 3 is 1.25 bits per heavy atom. The summed E-state index contributed by atoms with van der Waals surface area (Å²) >= 11 is 0. The van der Waals surface area contributed by atoms with Crippen LogP contribution in [-0.2, 0) is 38.1 Å². The summed E-state index contributed by atoms with van der Waals surface area (Å²) < 4.78 is 0. The smallest absolute Gasteiger partial charge is 0.0319 e. The average molecular weight is 291 g/mol. The molecule has 1 N–H and O–H groups in total. The quantitative estimate of drug-likeness (QED) is 0.602. The fourth-order valence-electron chi connectivity index (χ4n) is 0. The molecule has 0 rings (SSSR count). The number of aliphatic hydroxyl groups excluding tert-OH is 1. The minimum Gasteiger partial charge on any atom is -0.400 e. The van der Waals surface area contributed by atoms with Gasteiger partial charge < -0.3 is 5.11 Å². The standard InChI is InChI=1S/CH4O.Cu.Pt/c1-2;;/h2H,1H3;;.